The number of carbonyl (C=O) groups excluding carboxylic acids is 1. The van der Waals surface area contributed by atoms with Crippen molar-refractivity contribution in [2.45, 2.75) is 18.6 Å². The number of carbonyl (C=O) groups is 1. The van der Waals surface area contributed by atoms with Crippen molar-refractivity contribution >= 4 is 11.6 Å². The molecule has 0 bridgehead atoms. The molecule has 0 fully saturated rings. The average Bonchev–Trinajstić information content (AvgIpc) is 2.97. The summed E-state index contributed by atoms with van der Waals surface area (Å²) in [6.45, 7) is 0. The Morgan fingerprint density at radius 2 is 1.65 bits per heavy atom. The van der Waals surface area contributed by atoms with Gasteiger partial charge in [0, 0.05) is 17.7 Å². The summed E-state index contributed by atoms with van der Waals surface area (Å²) in [5.74, 6) is -0.205. The van der Waals surface area contributed by atoms with Gasteiger partial charge in [-0.3, -0.25) is 4.79 Å². The van der Waals surface area contributed by atoms with E-state index < -0.39 is 12.1 Å². The lowest BCUT2D eigenvalue weighted by atomic mass is 10.0. The van der Waals surface area contributed by atoms with Gasteiger partial charge in [0.15, 0.2) is 0 Å². The van der Waals surface area contributed by atoms with Gasteiger partial charge in [-0.25, -0.2) is 0 Å². The molecule has 4 heteroatoms. The minimum absolute atomic E-state index is 0.205. The van der Waals surface area contributed by atoms with Crippen LogP contribution in [0.25, 0.3) is 11.1 Å². The topological polar surface area (TPSA) is 75.3 Å². The molecule has 0 aromatic heterocycles. The van der Waals surface area contributed by atoms with Gasteiger partial charge in [-0.2, -0.15) is 0 Å². The zero-order valence-electron chi connectivity index (χ0n) is 14.2. The number of fused-ring (bicyclic) bond motifs is 1. The number of nitrogens with two attached hydrogens (primary N) is 1. The largest absolute Gasteiger partial charge is 0.399 e. The van der Waals surface area contributed by atoms with Crippen LogP contribution in [0.1, 0.15) is 27.5 Å². The van der Waals surface area contributed by atoms with Crippen molar-refractivity contribution in [1.29, 1.82) is 0 Å². The summed E-state index contributed by atoms with van der Waals surface area (Å²) in [7, 11) is 0. The minimum Gasteiger partial charge on any atom is -0.399 e. The fourth-order valence-corrected chi connectivity index (χ4v) is 3.48. The highest BCUT2D eigenvalue weighted by atomic mass is 16.3. The Hall–Kier alpha value is -3.11. The smallest absolute Gasteiger partial charge is 0.251 e. The third-order valence-corrected chi connectivity index (χ3v) is 4.86. The van der Waals surface area contributed by atoms with Crippen molar-refractivity contribution in [3.63, 3.8) is 0 Å². The lowest BCUT2D eigenvalue weighted by Crippen LogP contribution is -2.33. The normalized spacial score (nSPS) is 18.3. The third-order valence-electron chi connectivity index (χ3n) is 4.86. The molecule has 3 aromatic carbocycles. The highest BCUT2D eigenvalue weighted by Crippen LogP contribution is 2.33. The maximum absolute atomic E-state index is 12.6. The fourth-order valence-electron chi connectivity index (χ4n) is 3.48. The van der Waals surface area contributed by atoms with Crippen LogP contribution in [-0.2, 0) is 6.42 Å². The molecule has 0 saturated heterocycles. The van der Waals surface area contributed by atoms with E-state index in [1.54, 1.807) is 12.1 Å². The Morgan fingerprint density at radius 1 is 0.962 bits per heavy atom. The summed E-state index contributed by atoms with van der Waals surface area (Å²) < 4.78 is 0. The van der Waals surface area contributed by atoms with Gasteiger partial charge in [-0.15, -0.1) is 0 Å². The lowest BCUT2D eigenvalue weighted by Gasteiger charge is -2.18. The first-order valence-electron chi connectivity index (χ1n) is 8.64. The number of benzene rings is 3. The third kappa shape index (κ3) is 3.07. The Labute approximate surface area is 152 Å². The monoisotopic (exact) mass is 344 g/mol. The van der Waals surface area contributed by atoms with Crippen molar-refractivity contribution in [2.24, 2.45) is 0 Å². The van der Waals surface area contributed by atoms with E-state index in [0.29, 0.717) is 17.7 Å². The maximum Gasteiger partial charge on any atom is 0.251 e. The number of aliphatic hydroxyl groups is 1. The standard InChI is InChI=1S/C22H20N2O2/c23-18-11-10-17-12-20(25)21(19(17)13-18)24-22(26)16-8-6-15(7-9-16)14-4-2-1-3-5-14/h1-11,13,20-21,25H,12,23H2,(H,24,26)/t20-,21?/m1/s1. The van der Waals surface area contributed by atoms with Crippen LogP contribution in [0.15, 0.2) is 72.8 Å². The number of hydrogen-bond acceptors (Lipinski definition) is 3. The van der Waals surface area contributed by atoms with E-state index in [2.05, 4.69) is 5.32 Å². The van der Waals surface area contributed by atoms with Gasteiger partial charge in [-0.05, 0) is 46.5 Å². The number of amides is 1. The predicted octanol–water partition coefficient (Wildman–Crippen LogP) is 3.32. The molecular formula is C22H20N2O2. The van der Waals surface area contributed by atoms with E-state index in [1.807, 2.05) is 60.7 Å². The molecule has 0 aliphatic heterocycles. The lowest BCUT2D eigenvalue weighted by molar-refractivity contribution is 0.0858. The Kier molecular flexibility index (Phi) is 4.19. The first kappa shape index (κ1) is 16.4. The molecule has 1 unspecified atom stereocenters. The van der Waals surface area contributed by atoms with Gasteiger partial charge in [-0.1, -0.05) is 48.5 Å². The molecule has 26 heavy (non-hydrogen) atoms. The van der Waals surface area contributed by atoms with E-state index in [-0.39, 0.29) is 5.91 Å². The first-order valence-corrected chi connectivity index (χ1v) is 8.64. The first-order chi connectivity index (χ1) is 12.6. The number of hydrogen-bond donors (Lipinski definition) is 3. The molecule has 4 rings (SSSR count). The van der Waals surface area contributed by atoms with Crippen LogP contribution in [0.5, 0.6) is 0 Å². The average molecular weight is 344 g/mol. The summed E-state index contributed by atoms with van der Waals surface area (Å²) in [6.07, 6.45) is -0.118. The van der Waals surface area contributed by atoms with Crippen LogP contribution in [0.4, 0.5) is 5.69 Å². The van der Waals surface area contributed by atoms with E-state index in [0.717, 1.165) is 22.3 Å². The van der Waals surface area contributed by atoms with Crippen LogP contribution in [0.3, 0.4) is 0 Å². The molecule has 4 N–H and O–H groups in total. The molecule has 0 heterocycles. The highest BCUT2D eigenvalue weighted by Gasteiger charge is 2.32. The molecule has 130 valence electrons. The summed E-state index contributed by atoms with van der Waals surface area (Å²) in [4.78, 5) is 12.6. The van der Waals surface area contributed by atoms with Gasteiger partial charge in [0.25, 0.3) is 5.91 Å². The summed E-state index contributed by atoms with van der Waals surface area (Å²) in [5, 5.41) is 13.3. The number of nitrogens with one attached hydrogen (secondary N) is 1. The van der Waals surface area contributed by atoms with Crippen molar-refractivity contribution in [2.75, 3.05) is 5.73 Å². The van der Waals surface area contributed by atoms with Gasteiger partial charge < -0.3 is 16.2 Å². The Bertz CT molecular complexity index is 936. The predicted molar refractivity (Wildman–Crippen MR) is 103 cm³/mol. The second kappa shape index (κ2) is 6.65. The molecular weight excluding hydrogens is 324 g/mol. The summed E-state index contributed by atoms with van der Waals surface area (Å²) >= 11 is 0. The summed E-state index contributed by atoms with van der Waals surface area (Å²) in [6, 6.07) is 22.6. The number of rotatable bonds is 3. The van der Waals surface area contributed by atoms with Crippen molar-refractivity contribution in [3.05, 3.63) is 89.5 Å². The molecule has 4 nitrogen and oxygen atoms in total. The number of nitrogen functional groups attached to an aromatic ring is 1. The van der Waals surface area contributed by atoms with Gasteiger partial charge in [0.2, 0.25) is 0 Å². The molecule has 3 aromatic rings. The zero-order valence-corrected chi connectivity index (χ0v) is 14.2. The summed E-state index contributed by atoms with van der Waals surface area (Å²) in [5.41, 5.74) is 11.1. The van der Waals surface area contributed by atoms with Crippen molar-refractivity contribution in [3.8, 4) is 11.1 Å². The van der Waals surface area contributed by atoms with Crippen LogP contribution in [0, 0.1) is 0 Å². The highest BCUT2D eigenvalue weighted by molar-refractivity contribution is 5.95. The van der Waals surface area contributed by atoms with Crippen LogP contribution in [0.2, 0.25) is 0 Å². The Morgan fingerprint density at radius 3 is 2.38 bits per heavy atom. The van der Waals surface area contributed by atoms with Gasteiger partial charge in [0.05, 0.1) is 12.1 Å². The molecule has 0 spiro atoms. The van der Waals surface area contributed by atoms with Crippen LogP contribution < -0.4 is 11.1 Å². The molecule has 0 saturated carbocycles. The van der Waals surface area contributed by atoms with Crippen molar-refractivity contribution in [1.82, 2.24) is 5.32 Å². The van der Waals surface area contributed by atoms with E-state index in [9.17, 15) is 9.90 Å². The SMILES string of the molecule is Nc1ccc2c(c1)C(NC(=O)c1ccc(-c3ccccc3)cc1)[C@H](O)C2. The van der Waals surface area contributed by atoms with E-state index >= 15 is 0 Å². The molecule has 1 aliphatic carbocycles. The number of anilines is 1. The fraction of sp³-hybridized carbons (Fsp3) is 0.136. The van der Waals surface area contributed by atoms with Crippen molar-refractivity contribution < 1.29 is 9.90 Å². The Balaban J connectivity index is 1.53. The van der Waals surface area contributed by atoms with Gasteiger partial charge in [0.1, 0.15) is 0 Å². The van der Waals surface area contributed by atoms with Crippen LogP contribution >= 0.6 is 0 Å². The molecule has 1 aliphatic rings. The second-order valence-electron chi connectivity index (χ2n) is 6.62. The zero-order chi connectivity index (χ0) is 18.1. The molecule has 2 atom stereocenters. The minimum atomic E-state index is -0.639. The van der Waals surface area contributed by atoms with Gasteiger partial charge >= 0.3 is 0 Å². The van der Waals surface area contributed by atoms with Crippen LogP contribution in [-0.4, -0.2) is 17.1 Å². The van der Waals surface area contributed by atoms with E-state index in [1.165, 1.54) is 0 Å². The maximum atomic E-state index is 12.6. The second-order valence-corrected chi connectivity index (χ2v) is 6.62. The quantitative estimate of drug-likeness (QED) is 0.638. The molecule has 0 radical (unpaired) electrons. The van der Waals surface area contributed by atoms with E-state index in [4.69, 9.17) is 5.73 Å². The molecule has 1 amide bonds. The number of aliphatic hydroxyl groups excluding tert-OH is 1.